The molecule has 0 saturated carbocycles. The lowest BCUT2D eigenvalue weighted by Crippen LogP contribution is -2.76. The Labute approximate surface area is 233 Å². The van der Waals surface area contributed by atoms with Crippen molar-refractivity contribution in [1.82, 2.24) is 4.90 Å². The van der Waals surface area contributed by atoms with E-state index in [2.05, 4.69) is 0 Å². The van der Waals surface area contributed by atoms with Crippen LogP contribution in [-0.2, 0) is 0 Å². The van der Waals surface area contributed by atoms with Crippen LogP contribution in [-0.4, -0.2) is 88.4 Å². The summed E-state index contributed by atoms with van der Waals surface area (Å²) in [4.78, 5) is 1.02. The molecule has 1 unspecified atom stereocenters. The molecule has 0 aromatic rings. The van der Waals surface area contributed by atoms with Crippen LogP contribution in [0.2, 0.25) is 0 Å². The minimum atomic E-state index is -9.18. The van der Waals surface area contributed by atoms with Crippen molar-refractivity contribution in [2.75, 3.05) is 24.1 Å². The van der Waals surface area contributed by atoms with Gasteiger partial charge in [-0.05, 0) is 11.6 Å². The molecule has 1 heterocycles. The molecule has 1 aliphatic rings. The third kappa shape index (κ3) is 5.26. The second-order valence-electron chi connectivity index (χ2n) is 8.66. The second kappa shape index (κ2) is 10.8. The van der Waals surface area contributed by atoms with E-state index in [-0.39, 0.29) is 11.0 Å². The molecule has 0 aromatic carbocycles. The van der Waals surface area contributed by atoms with E-state index in [1.165, 1.54) is 22.6 Å². The summed E-state index contributed by atoms with van der Waals surface area (Å²) in [7, 11) is 0. The predicted octanol–water partition coefficient (Wildman–Crippen LogP) is 8.19. The minimum absolute atomic E-state index is 0.283. The highest BCUT2D eigenvalue weighted by Crippen LogP contribution is 2.66. The molecule has 1 nitrogen and oxygen atoms in total. The molecule has 1 fully saturated rings. The van der Waals surface area contributed by atoms with Gasteiger partial charge in [0.25, 0.3) is 0 Å². The summed E-state index contributed by atoms with van der Waals surface area (Å²) in [6.45, 7) is -1.59. The molecule has 0 N–H and O–H groups in total. The van der Waals surface area contributed by atoms with Gasteiger partial charge in [0.2, 0.25) is 0 Å². The maximum atomic E-state index is 14.3. The molecule has 0 radical (unpaired) electrons. The zero-order valence-corrected chi connectivity index (χ0v) is 21.5. The van der Waals surface area contributed by atoms with E-state index in [0.717, 1.165) is 4.90 Å². The van der Waals surface area contributed by atoms with Crippen molar-refractivity contribution in [1.29, 1.82) is 0 Å². The summed E-state index contributed by atoms with van der Waals surface area (Å²) < 4.78 is 283. The van der Waals surface area contributed by atoms with Gasteiger partial charge in [0, 0.05) is 23.4 Å². The molecule has 1 atom stereocenters. The van der Waals surface area contributed by atoms with Crippen LogP contribution >= 0.6 is 22.6 Å². The first kappa shape index (κ1) is 38.5. The Hall–Kier alpha value is -1.48. The van der Waals surface area contributed by atoms with Crippen molar-refractivity contribution < 1.29 is 92.2 Å². The predicted molar refractivity (Wildman–Crippen MR) is 106 cm³/mol. The molecule has 0 aromatic heterocycles. The zero-order chi connectivity index (χ0) is 34.0. The van der Waals surface area contributed by atoms with Crippen LogP contribution < -0.4 is 0 Å². The summed E-state index contributed by atoms with van der Waals surface area (Å²) in [6.07, 6.45) is -4.25. The molecular formula is C19H11F21IN. The lowest BCUT2D eigenvalue weighted by atomic mass is 9.86. The van der Waals surface area contributed by atoms with Crippen molar-refractivity contribution in [2.45, 2.75) is 59.5 Å². The quantitative estimate of drug-likeness (QED) is 0.0673. The van der Waals surface area contributed by atoms with Crippen LogP contribution in [0.5, 0.6) is 0 Å². The van der Waals surface area contributed by atoms with Crippen LogP contribution in [0.25, 0.3) is 0 Å². The molecule has 1 saturated heterocycles. The van der Waals surface area contributed by atoms with Gasteiger partial charge in [-0.3, -0.25) is 4.90 Å². The fourth-order valence-corrected chi connectivity index (χ4v) is 4.18. The normalized spacial score (nSPS) is 20.8. The number of hydrogen-bond acceptors (Lipinski definition) is 1. The summed E-state index contributed by atoms with van der Waals surface area (Å²) in [5.74, 6) is -76.4. The van der Waals surface area contributed by atoms with Crippen LogP contribution in [0.4, 0.5) is 92.2 Å². The first-order valence-corrected chi connectivity index (χ1v) is 11.6. The van der Waals surface area contributed by atoms with Gasteiger partial charge in [0.1, 0.15) is 0 Å². The summed E-state index contributed by atoms with van der Waals surface area (Å²) in [5.41, 5.74) is -0.971. The Morgan fingerprint density at radius 1 is 0.619 bits per heavy atom. The van der Waals surface area contributed by atoms with E-state index in [0.29, 0.717) is 0 Å². The fraction of sp³-hybridized carbons (Fsp3) is 0.789. The maximum Gasteiger partial charge on any atom is 0.460 e. The number of rotatable bonds is 11. The smallest absolute Gasteiger partial charge is 0.288 e. The first-order valence-electron chi connectivity index (χ1n) is 10.1. The van der Waals surface area contributed by atoms with Gasteiger partial charge in [-0.25, -0.2) is 0 Å². The number of allylic oxidation sites excluding steroid dienone is 1. The maximum absolute atomic E-state index is 14.3. The minimum Gasteiger partial charge on any atom is -0.288 e. The van der Waals surface area contributed by atoms with Crippen molar-refractivity contribution in [3.8, 4) is 12.3 Å². The standard InChI is InChI=1S/C19H11F21IN/c1-2-3-42-6-8(9(5-41)7-42)4-10(20,21)11(22,23)12(24,25)13(26,27)14(28,29)15(30,31)16(32,33)17(34,35)18(36,37)19(38,39)40/h1,4,9H,3,5-7H2/b8-4-. The van der Waals surface area contributed by atoms with Gasteiger partial charge in [0.05, 0.1) is 6.54 Å². The third-order valence-corrected chi connectivity index (χ3v) is 6.88. The summed E-state index contributed by atoms with van der Waals surface area (Å²) in [6, 6.07) is 0. The molecular weight excluding hydrogens is 768 g/mol. The number of halogens is 22. The van der Waals surface area contributed by atoms with E-state index in [1.807, 2.05) is 5.92 Å². The number of alkyl halides is 22. The van der Waals surface area contributed by atoms with E-state index in [1.54, 1.807) is 0 Å². The molecule has 1 rings (SSSR count). The van der Waals surface area contributed by atoms with Crippen LogP contribution in [0.15, 0.2) is 11.6 Å². The molecule has 0 amide bonds. The van der Waals surface area contributed by atoms with Crippen LogP contribution in [0.1, 0.15) is 0 Å². The largest absolute Gasteiger partial charge is 0.460 e. The average molecular weight is 779 g/mol. The van der Waals surface area contributed by atoms with Gasteiger partial charge in [-0.15, -0.1) is 6.42 Å². The lowest BCUT2D eigenvalue weighted by Gasteiger charge is -2.44. The highest BCUT2D eigenvalue weighted by Gasteiger charge is 2.97. The second-order valence-corrected chi connectivity index (χ2v) is 9.54. The van der Waals surface area contributed by atoms with E-state index >= 15 is 0 Å². The Bertz CT molecular complexity index is 1070. The zero-order valence-electron chi connectivity index (χ0n) is 19.3. The summed E-state index contributed by atoms with van der Waals surface area (Å²) in [5, 5.41) is 0. The topological polar surface area (TPSA) is 3.24 Å². The average Bonchev–Trinajstić information content (AvgIpc) is 3.17. The Morgan fingerprint density at radius 3 is 1.26 bits per heavy atom. The Balaban J connectivity index is 3.75. The van der Waals surface area contributed by atoms with Crippen molar-refractivity contribution in [2.24, 2.45) is 5.92 Å². The Morgan fingerprint density at radius 2 is 0.952 bits per heavy atom. The number of hydrogen-bond donors (Lipinski definition) is 0. The highest BCUT2D eigenvalue weighted by atomic mass is 127. The van der Waals surface area contributed by atoms with Crippen molar-refractivity contribution >= 4 is 22.6 Å². The van der Waals surface area contributed by atoms with Crippen molar-refractivity contribution in [3.05, 3.63) is 11.6 Å². The van der Waals surface area contributed by atoms with Crippen LogP contribution in [0.3, 0.4) is 0 Å². The SMILES string of the molecule is C#CCN1C/C(=C/C(F)(F)C(F)(F)C(F)(F)C(F)(F)C(F)(F)C(F)(F)C(F)(F)C(F)(F)C(F)(F)C(F)(F)F)C(CI)C1. The molecule has 1 aliphatic heterocycles. The van der Waals surface area contributed by atoms with Gasteiger partial charge in [-0.1, -0.05) is 28.5 Å². The van der Waals surface area contributed by atoms with E-state index in [9.17, 15) is 92.2 Å². The van der Waals surface area contributed by atoms with Gasteiger partial charge >= 0.3 is 59.5 Å². The first-order chi connectivity index (χ1) is 18.2. The van der Waals surface area contributed by atoms with Gasteiger partial charge in [-0.2, -0.15) is 92.2 Å². The van der Waals surface area contributed by atoms with Gasteiger partial charge < -0.3 is 0 Å². The lowest BCUT2D eigenvalue weighted by molar-refractivity contribution is -0.473. The Kier molecular flexibility index (Phi) is 9.96. The van der Waals surface area contributed by atoms with Crippen molar-refractivity contribution in [3.63, 3.8) is 0 Å². The molecule has 23 heteroatoms. The molecule has 0 aliphatic carbocycles. The highest BCUT2D eigenvalue weighted by molar-refractivity contribution is 14.1. The number of likely N-dealkylation sites (tertiary alicyclic amines) is 1. The molecule has 42 heavy (non-hydrogen) atoms. The summed E-state index contributed by atoms with van der Waals surface area (Å²) >= 11 is 1.43. The van der Waals surface area contributed by atoms with E-state index in [4.69, 9.17) is 6.42 Å². The third-order valence-electron chi connectivity index (χ3n) is 5.81. The molecule has 0 bridgehead atoms. The number of terminal acetylenes is 1. The molecule has 0 spiro atoms. The monoisotopic (exact) mass is 779 g/mol. The number of nitrogens with zero attached hydrogens (tertiary/aromatic N) is 1. The van der Waals surface area contributed by atoms with Crippen LogP contribution in [0, 0.1) is 18.3 Å². The molecule has 246 valence electrons. The van der Waals surface area contributed by atoms with E-state index < -0.39 is 90.1 Å². The fourth-order valence-electron chi connectivity index (χ4n) is 3.34. The van der Waals surface area contributed by atoms with Gasteiger partial charge in [0.15, 0.2) is 0 Å².